The van der Waals surface area contributed by atoms with Crippen LogP contribution in [0.15, 0.2) is 24.5 Å². The third kappa shape index (κ3) is 4.61. The summed E-state index contributed by atoms with van der Waals surface area (Å²) in [4.78, 5) is 33.0. The molecule has 0 radical (unpaired) electrons. The van der Waals surface area contributed by atoms with Crippen molar-refractivity contribution in [2.45, 2.75) is 11.8 Å². The van der Waals surface area contributed by atoms with Crippen molar-refractivity contribution in [2.75, 3.05) is 42.0 Å². The fourth-order valence-electron chi connectivity index (χ4n) is 2.71. The molecular weight excluding hydrogens is 362 g/mol. The van der Waals surface area contributed by atoms with E-state index in [9.17, 15) is 9.59 Å². The number of pyridine rings is 1. The van der Waals surface area contributed by atoms with Gasteiger partial charge in [-0.25, -0.2) is 0 Å². The minimum atomic E-state index is -0.274. The average Bonchev–Trinajstić information content (AvgIpc) is 3.12. The SMILES string of the molecule is O=C(C1CSCN1C(=O)CSCc1cccnc1)N1CCSCC1. The summed E-state index contributed by atoms with van der Waals surface area (Å²) in [6.45, 7) is 1.62. The molecule has 5 nitrogen and oxygen atoms in total. The normalized spacial score (nSPS) is 21.1. The van der Waals surface area contributed by atoms with Gasteiger partial charge in [-0.3, -0.25) is 14.6 Å². The Balaban J connectivity index is 1.50. The van der Waals surface area contributed by atoms with E-state index in [4.69, 9.17) is 0 Å². The zero-order valence-corrected chi connectivity index (χ0v) is 15.9. The van der Waals surface area contributed by atoms with Gasteiger partial charge >= 0.3 is 0 Å². The molecule has 0 spiro atoms. The van der Waals surface area contributed by atoms with E-state index in [1.807, 2.05) is 35.0 Å². The molecule has 2 aliphatic rings. The maximum atomic E-state index is 12.7. The molecule has 2 fully saturated rings. The molecule has 1 aromatic heterocycles. The highest BCUT2D eigenvalue weighted by Crippen LogP contribution is 2.25. The molecule has 0 N–H and O–H groups in total. The number of carbonyl (C=O) groups is 2. The Bertz CT molecular complexity index is 567. The summed E-state index contributed by atoms with van der Waals surface area (Å²) in [6.07, 6.45) is 3.57. The molecule has 0 aromatic carbocycles. The molecule has 2 aliphatic heterocycles. The van der Waals surface area contributed by atoms with Crippen LogP contribution >= 0.6 is 35.3 Å². The molecule has 0 bridgehead atoms. The molecule has 1 atom stereocenters. The number of nitrogens with zero attached hydrogens (tertiary/aromatic N) is 3. The quantitative estimate of drug-likeness (QED) is 0.773. The number of hydrogen-bond donors (Lipinski definition) is 0. The smallest absolute Gasteiger partial charge is 0.246 e. The Morgan fingerprint density at radius 3 is 2.88 bits per heavy atom. The highest BCUT2D eigenvalue weighted by atomic mass is 32.2. The lowest BCUT2D eigenvalue weighted by atomic mass is 10.2. The fraction of sp³-hybridized carbons (Fsp3) is 0.562. The second-order valence-corrected chi connectivity index (χ2v) is 8.88. The third-order valence-electron chi connectivity index (χ3n) is 4.03. The monoisotopic (exact) mass is 383 g/mol. The van der Waals surface area contributed by atoms with Gasteiger partial charge in [0, 0.05) is 48.5 Å². The van der Waals surface area contributed by atoms with Gasteiger partial charge < -0.3 is 9.80 Å². The lowest BCUT2D eigenvalue weighted by Crippen LogP contribution is -2.51. The topological polar surface area (TPSA) is 53.5 Å². The van der Waals surface area contributed by atoms with Crippen LogP contribution in [0.3, 0.4) is 0 Å². The first kappa shape index (κ1) is 17.9. The molecule has 3 rings (SSSR count). The first-order valence-corrected chi connectivity index (χ1v) is 11.4. The van der Waals surface area contributed by atoms with E-state index in [0.717, 1.165) is 41.7 Å². The van der Waals surface area contributed by atoms with Gasteiger partial charge in [0.15, 0.2) is 0 Å². The summed E-state index contributed by atoms with van der Waals surface area (Å²) in [5.41, 5.74) is 1.12. The molecule has 130 valence electrons. The molecule has 0 saturated carbocycles. The minimum Gasteiger partial charge on any atom is -0.339 e. The van der Waals surface area contributed by atoms with Gasteiger partial charge in [0.05, 0.1) is 11.6 Å². The first-order chi connectivity index (χ1) is 11.8. The highest BCUT2D eigenvalue weighted by Gasteiger charge is 2.37. The number of thioether (sulfide) groups is 3. The van der Waals surface area contributed by atoms with Crippen LogP contribution < -0.4 is 0 Å². The highest BCUT2D eigenvalue weighted by molar-refractivity contribution is 8.00. The van der Waals surface area contributed by atoms with Gasteiger partial charge in [0.25, 0.3) is 0 Å². The van der Waals surface area contributed by atoms with E-state index in [0.29, 0.717) is 11.6 Å². The minimum absolute atomic E-state index is 0.0682. The van der Waals surface area contributed by atoms with E-state index >= 15 is 0 Å². The standard InChI is InChI=1S/C16H21N3O2S3/c20-15(11-23-9-13-2-1-3-17-8-13)19-12-24-10-14(19)16(21)18-4-6-22-7-5-18/h1-3,8,14H,4-7,9-12H2. The molecule has 8 heteroatoms. The summed E-state index contributed by atoms with van der Waals surface area (Å²) >= 11 is 5.14. The van der Waals surface area contributed by atoms with Crippen molar-refractivity contribution in [2.24, 2.45) is 0 Å². The maximum absolute atomic E-state index is 12.7. The Labute approximate surface area is 155 Å². The Morgan fingerprint density at radius 2 is 2.12 bits per heavy atom. The molecule has 1 aromatic rings. The van der Waals surface area contributed by atoms with Crippen LogP contribution in [0.4, 0.5) is 0 Å². The van der Waals surface area contributed by atoms with Crippen molar-refractivity contribution in [1.29, 1.82) is 0 Å². The van der Waals surface area contributed by atoms with E-state index in [1.54, 1.807) is 34.6 Å². The van der Waals surface area contributed by atoms with Crippen LogP contribution in [0.25, 0.3) is 0 Å². The Morgan fingerprint density at radius 1 is 1.29 bits per heavy atom. The average molecular weight is 384 g/mol. The van der Waals surface area contributed by atoms with Crippen LogP contribution in [-0.2, 0) is 15.3 Å². The number of aromatic nitrogens is 1. The van der Waals surface area contributed by atoms with Crippen molar-refractivity contribution in [3.63, 3.8) is 0 Å². The zero-order valence-electron chi connectivity index (χ0n) is 13.4. The lowest BCUT2D eigenvalue weighted by Gasteiger charge is -2.32. The molecule has 1 unspecified atom stereocenters. The van der Waals surface area contributed by atoms with Crippen LogP contribution in [0.5, 0.6) is 0 Å². The zero-order chi connectivity index (χ0) is 16.8. The summed E-state index contributed by atoms with van der Waals surface area (Å²) in [5, 5.41) is 0. The van der Waals surface area contributed by atoms with Gasteiger partial charge in [0.2, 0.25) is 11.8 Å². The molecule has 2 saturated heterocycles. The molecule has 2 amide bonds. The Hall–Kier alpha value is -0.860. The molecule has 0 aliphatic carbocycles. The van der Waals surface area contributed by atoms with Crippen molar-refractivity contribution in [3.8, 4) is 0 Å². The van der Waals surface area contributed by atoms with E-state index in [1.165, 1.54) is 0 Å². The van der Waals surface area contributed by atoms with Crippen LogP contribution in [-0.4, -0.2) is 74.6 Å². The second-order valence-electron chi connectivity index (χ2n) is 5.67. The summed E-state index contributed by atoms with van der Waals surface area (Å²) in [6, 6.07) is 3.64. The van der Waals surface area contributed by atoms with Crippen molar-refractivity contribution < 1.29 is 9.59 Å². The van der Waals surface area contributed by atoms with Crippen LogP contribution in [0.2, 0.25) is 0 Å². The molecule has 24 heavy (non-hydrogen) atoms. The predicted molar refractivity (Wildman–Crippen MR) is 102 cm³/mol. The number of carbonyl (C=O) groups excluding carboxylic acids is 2. The maximum Gasteiger partial charge on any atom is 0.246 e. The third-order valence-corrected chi connectivity index (χ3v) is 6.97. The van der Waals surface area contributed by atoms with E-state index < -0.39 is 0 Å². The number of rotatable bonds is 5. The van der Waals surface area contributed by atoms with Gasteiger partial charge in [-0.2, -0.15) is 11.8 Å². The van der Waals surface area contributed by atoms with Gasteiger partial charge in [-0.05, 0) is 11.6 Å². The Kier molecular flexibility index (Phi) is 6.74. The summed E-state index contributed by atoms with van der Waals surface area (Å²) < 4.78 is 0. The second kappa shape index (κ2) is 9.01. The van der Waals surface area contributed by atoms with E-state index in [-0.39, 0.29) is 17.9 Å². The van der Waals surface area contributed by atoms with E-state index in [2.05, 4.69) is 4.98 Å². The molecular formula is C16H21N3O2S3. The van der Waals surface area contributed by atoms with Crippen molar-refractivity contribution in [1.82, 2.24) is 14.8 Å². The summed E-state index contributed by atoms with van der Waals surface area (Å²) in [7, 11) is 0. The number of amides is 2. The largest absolute Gasteiger partial charge is 0.339 e. The first-order valence-electron chi connectivity index (χ1n) is 7.96. The predicted octanol–water partition coefficient (Wildman–Crippen LogP) is 1.79. The van der Waals surface area contributed by atoms with Crippen molar-refractivity contribution in [3.05, 3.63) is 30.1 Å². The lowest BCUT2D eigenvalue weighted by molar-refractivity contribution is -0.141. The molecule has 3 heterocycles. The number of hydrogen-bond acceptors (Lipinski definition) is 6. The fourth-order valence-corrected chi connectivity index (χ4v) is 5.63. The van der Waals surface area contributed by atoms with Crippen LogP contribution in [0.1, 0.15) is 5.56 Å². The van der Waals surface area contributed by atoms with Crippen LogP contribution in [0, 0.1) is 0 Å². The summed E-state index contributed by atoms with van der Waals surface area (Å²) in [5.74, 6) is 4.73. The van der Waals surface area contributed by atoms with Gasteiger partial charge in [0.1, 0.15) is 6.04 Å². The van der Waals surface area contributed by atoms with Crippen molar-refractivity contribution >= 4 is 47.1 Å². The van der Waals surface area contributed by atoms with Gasteiger partial charge in [-0.1, -0.05) is 6.07 Å². The van der Waals surface area contributed by atoms with Gasteiger partial charge in [-0.15, -0.1) is 23.5 Å².